The first-order valence-electron chi connectivity index (χ1n) is 4.49. The summed E-state index contributed by atoms with van der Waals surface area (Å²) in [5.41, 5.74) is 6.69. The van der Waals surface area contributed by atoms with Crippen molar-refractivity contribution >= 4 is 5.91 Å². The molecule has 0 bridgehead atoms. The molecule has 76 valence electrons. The van der Waals surface area contributed by atoms with Gasteiger partial charge in [-0.25, -0.2) is 4.98 Å². The molecule has 2 N–H and O–H groups in total. The Balaban J connectivity index is 2.27. The van der Waals surface area contributed by atoms with Gasteiger partial charge in [-0.15, -0.1) is 0 Å². The van der Waals surface area contributed by atoms with Gasteiger partial charge in [-0.1, -0.05) is 0 Å². The minimum Gasteiger partial charge on any atom is -0.325 e. The molecule has 2 aromatic heterocycles. The fourth-order valence-corrected chi connectivity index (χ4v) is 1.20. The Bertz CT molecular complexity index is 447. The molecule has 5 heteroatoms. The molecule has 2 rings (SSSR count). The Morgan fingerprint density at radius 3 is 2.87 bits per heavy atom. The third-order valence-corrected chi connectivity index (χ3v) is 2.02. The number of rotatable bonds is 2. The highest BCUT2D eigenvalue weighted by atomic mass is 16.2. The number of pyridine rings is 1. The van der Waals surface area contributed by atoms with Crippen LogP contribution in [0.2, 0.25) is 0 Å². The number of nitrogens with two attached hydrogens (primary N) is 1. The van der Waals surface area contributed by atoms with Crippen LogP contribution in [0.4, 0.5) is 0 Å². The molecule has 0 aliphatic rings. The topological polar surface area (TPSA) is 73.8 Å². The van der Waals surface area contributed by atoms with E-state index in [1.807, 2.05) is 0 Å². The molecule has 0 aliphatic heterocycles. The molecule has 0 saturated heterocycles. The minimum atomic E-state index is -0.149. The lowest BCUT2D eigenvalue weighted by atomic mass is 10.2. The van der Waals surface area contributed by atoms with Gasteiger partial charge in [-0.05, 0) is 12.1 Å². The highest BCUT2D eigenvalue weighted by Crippen LogP contribution is 2.02. The molecule has 0 fully saturated rings. The van der Waals surface area contributed by atoms with E-state index in [9.17, 15) is 4.79 Å². The maximum absolute atomic E-state index is 11.8. The quantitative estimate of drug-likeness (QED) is 0.766. The highest BCUT2D eigenvalue weighted by Gasteiger charge is 2.07. The van der Waals surface area contributed by atoms with Gasteiger partial charge < -0.3 is 5.73 Å². The first-order chi connectivity index (χ1) is 7.31. The maximum atomic E-state index is 11.8. The predicted molar refractivity (Wildman–Crippen MR) is 54.1 cm³/mol. The number of hydrogen-bond donors (Lipinski definition) is 1. The number of imidazole rings is 1. The van der Waals surface area contributed by atoms with Crippen molar-refractivity contribution in [1.29, 1.82) is 0 Å². The van der Waals surface area contributed by atoms with Crippen LogP contribution in [0.1, 0.15) is 16.1 Å². The van der Waals surface area contributed by atoms with Crippen molar-refractivity contribution in [3.63, 3.8) is 0 Å². The van der Waals surface area contributed by atoms with Crippen molar-refractivity contribution in [1.82, 2.24) is 14.5 Å². The SMILES string of the molecule is NCc1ccc(C(=O)n2ccnc2)cn1. The van der Waals surface area contributed by atoms with Gasteiger partial charge in [0.25, 0.3) is 5.91 Å². The number of hydrogen-bond acceptors (Lipinski definition) is 4. The third kappa shape index (κ3) is 1.92. The van der Waals surface area contributed by atoms with Crippen LogP contribution >= 0.6 is 0 Å². The van der Waals surface area contributed by atoms with Gasteiger partial charge in [-0.3, -0.25) is 14.3 Å². The number of nitrogens with zero attached hydrogens (tertiary/aromatic N) is 3. The zero-order valence-electron chi connectivity index (χ0n) is 8.00. The van der Waals surface area contributed by atoms with Crippen LogP contribution in [0.25, 0.3) is 0 Å². The van der Waals surface area contributed by atoms with Crippen LogP contribution in [0.5, 0.6) is 0 Å². The summed E-state index contributed by atoms with van der Waals surface area (Å²) in [4.78, 5) is 19.6. The molecule has 15 heavy (non-hydrogen) atoms. The smallest absolute Gasteiger partial charge is 0.264 e. The summed E-state index contributed by atoms with van der Waals surface area (Å²) >= 11 is 0. The first kappa shape index (κ1) is 9.54. The van der Waals surface area contributed by atoms with Crippen LogP contribution in [-0.4, -0.2) is 20.4 Å². The molecule has 0 unspecified atom stereocenters. The van der Waals surface area contributed by atoms with Gasteiger partial charge >= 0.3 is 0 Å². The number of aromatic nitrogens is 3. The largest absolute Gasteiger partial charge is 0.325 e. The predicted octanol–water partition coefficient (Wildman–Crippen LogP) is 0.425. The van der Waals surface area contributed by atoms with E-state index in [0.717, 1.165) is 5.69 Å². The van der Waals surface area contributed by atoms with Crippen LogP contribution in [0, 0.1) is 0 Å². The van der Waals surface area contributed by atoms with Crippen molar-refractivity contribution in [3.8, 4) is 0 Å². The van der Waals surface area contributed by atoms with Crippen molar-refractivity contribution < 1.29 is 4.79 Å². The standard InChI is InChI=1S/C10H10N4O/c11-5-9-2-1-8(6-13-9)10(15)14-4-3-12-7-14/h1-4,6-7H,5,11H2. The fourth-order valence-electron chi connectivity index (χ4n) is 1.20. The summed E-state index contributed by atoms with van der Waals surface area (Å²) in [6, 6.07) is 3.45. The number of carbonyl (C=O) groups excluding carboxylic acids is 1. The Labute approximate surface area is 86.6 Å². The van der Waals surface area contributed by atoms with E-state index < -0.39 is 0 Å². The Kier molecular flexibility index (Phi) is 2.55. The molecule has 0 saturated carbocycles. The second-order valence-corrected chi connectivity index (χ2v) is 3.02. The monoisotopic (exact) mass is 202 g/mol. The van der Waals surface area contributed by atoms with Crippen LogP contribution < -0.4 is 5.73 Å². The zero-order chi connectivity index (χ0) is 10.7. The lowest BCUT2D eigenvalue weighted by Gasteiger charge is -2.01. The second kappa shape index (κ2) is 4.02. The lowest BCUT2D eigenvalue weighted by molar-refractivity contribution is 0.0959. The summed E-state index contributed by atoms with van der Waals surface area (Å²) in [7, 11) is 0. The van der Waals surface area contributed by atoms with Gasteiger partial charge in [0, 0.05) is 25.1 Å². The van der Waals surface area contributed by atoms with Gasteiger partial charge in [0.2, 0.25) is 0 Å². The summed E-state index contributed by atoms with van der Waals surface area (Å²) < 4.78 is 1.40. The van der Waals surface area contributed by atoms with E-state index in [0.29, 0.717) is 12.1 Å². The van der Waals surface area contributed by atoms with Crippen LogP contribution in [0.15, 0.2) is 37.1 Å². The molecule has 2 heterocycles. The van der Waals surface area contributed by atoms with Crippen molar-refractivity contribution in [2.75, 3.05) is 0 Å². The van der Waals surface area contributed by atoms with E-state index in [-0.39, 0.29) is 5.91 Å². The molecule has 0 aromatic carbocycles. The van der Waals surface area contributed by atoms with Crippen LogP contribution in [0.3, 0.4) is 0 Å². The molecule has 0 spiro atoms. The van der Waals surface area contributed by atoms with Gasteiger partial charge in [0.05, 0.1) is 11.3 Å². The number of carbonyl (C=O) groups is 1. The van der Waals surface area contributed by atoms with Crippen LogP contribution in [-0.2, 0) is 6.54 Å². The van der Waals surface area contributed by atoms with E-state index in [4.69, 9.17) is 5.73 Å². The lowest BCUT2D eigenvalue weighted by Crippen LogP contribution is -2.10. The average molecular weight is 202 g/mol. The van der Waals surface area contributed by atoms with E-state index in [2.05, 4.69) is 9.97 Å². The zero-order valence-corrected chi connectivity index (χ0v) is 8.00. The summed E-state index contributed by atoms with van der Waals surface area (Å²) in [6.07, 6.45) is 6.13. The Morgan fingerprint density at radius 2 is 2.33 bits per heavy atom. The average Bonchev–Trinajstić information content (AvgIpc) is 2.82. The summed E-state index contributed by atoms with van der Waals surface area (Å²) in [6.45, 7) is 0.375. The summed E-state index contributed by atoms with van der Waals surface area (Å²) in [5.74, 6) is -0.149. The summed E-state index contributed by atoms with van der Waals surface area (Å²) in [5, 5.41) is 0. The Morgan fingerprint density at radius 1 is 1.47 bits per heavy atom. The molecule has 0 atom stereocenters. The third-order valence-electron chi connectivity index (χ3n) is 2.02. The van der Waals surface area contributed by atoms with Gasteiger partial charge in [0.1, 0.15) is 6.33 Å². The van der Waals surface area contributed by atoms with Crippen molar-refractivity contribution in [2.24, 2.45) is 5.73 Å². The van der Waals surface area contributed by atoms with Crippen molar-refractivity contribution in [3.05, 3.63) is 48.3 Å². The highest BCUT2D eigenvalue weighted by molar-refractivity contribution is 5.95. The van der Waals surface area contributed by atoms with Gasteiger partial charge in [-0.2, -0.15) is 0 Å². The molecule has 0 aliphatic carbocycles. The second-order valence-electron chi connectivity index (χ2n) is 3.02. The van der Waals surface area contributed by atoms with Crippen molar-refractivity contribution in [2.45, 2.75) is 6.54 Å². The van der Waals surface area contributed by atoms with Gasteiger partial charge in [0.15, 0.2) is 0 Å². The first-order valence-corrected chi connectivity index (χ1v) is 4.49. The maximum Gasteiger partial charge on any atom is 0.264 e. The van der Waals surface area contributed by atoms with E-state index in [1.54, 1.807) is 24.5 Å². The molecule has 0 radical (unpaired) electrons. The Hall–Kier alpha value is -2.01. The minimum absolute atomic E-state index is 0.149. The molecule has 5 nitrogen and oxygen atoms in total. The normalized spacial score (nSPS) is 10.2. The molecule has 0 amide bonds. The fraction of sp³-hybridized carbons (Fsp3) is 0.100. The van der Waals surface area contributed by atoms with E-state index >= 15 is 0 Å². The van der Waals surface area contributed by atoms with E-state index in [1.165, 1.54) is 17.1 Å². The molecular formula is C10H10N4O. The molecule has 2 aromatic rings. The molecular weight excluding hydrogens is 192 g/mol.